The Morgan fingerprint density at radius 2 is 1.80 bits per heavy atom. The van der Waals surface area contributed by atoms with Gasteiger partial charge in [-0.3, -0.25) is 19.3 Å². The van der Waals surface area contributed by atoms with Crippen LogP contribution >= 0.6 is 0 Å². The summed E-state index contributed by atoms with van der Waals surface area (Å²) in [5.41, 5.74) is 1.77. The van der Waals surface area contributed by atoms with Crippen LogP contribution in [0.15, 0.2) is 66.7 Å². The van der Waals surface area contributed by atoms with E-state index in [0.29, 0.717) is 24.3 Å². The van der Waals surface area contributed by atoms with Crippen molar-refractivity contribution >= 4 is 23.4 Å². The highest BCUT2D eigenvalue weighted by atomic mass is 19.2. The first-order chi connectivity index (χ1) is 21.7. The number of carbonyl (C=O) groups excluding carboxylic acids is 3. The van der Waals surface area contributed by atoms with Crippen LogP contribution in [0.5, 0.6) is 5.75 Å². The van der Waals surface area contributed by atoms with Gasteiger partial charge in [-0.25, -0.2) is 8.78 Å². The van der Waals surface area contributed by atoms with Gasteiger partial charge in [0.2, 0.25) is 5.91 Å². The number of halogens is 2. The Balaban J connectivity index is 1.04. The monoisotopic (exact) mass is 618 g/mol. The number of likely N-dealkylation sites (tertiary alicyclic amines) is 1. The minimum absolute atomic E-state index is 0.0375. The van der Waals surface area contributed by atoms with Crippen LogP contribution in [-0.4, -0.2) is 78.6 Å². The van der Waals surface area contributed by atoms with E-state index in [1.165, 1.54) is 17.7 Å². The fourth-order valence-corrected chi connectivity index (χ4v) is 6.38. The molecule has 0 saturated carbocycles. The fourth-order valence-electron chi connectivity index (χ4n) is 6.38. The fraction of sp³-hybridized carbons (Fsp3) is 0.382. The highest BCUT2D eigenvalue weighted by Crippen LogP contribution is 2.33. The largest absolute Gasteiger partial charge is 0.490 e. The van der Waals surface area contributed by atoms with E-state index in [1.54, 1.807) is 24.1 Å². The molecule has 0 unspecified atom stereocenters. The number of fused-ring (bicyclic) bond motifs is 2. The minimum atomic E-state index is -1.13. The van der Waals surface area contributed by atoms with Crippen molar-refractivity contribution < 1.29 is 32.6 Å². The molecule has 3 heterocycles. The second kappa shape index (κ2) is 13.3. The third-order valence-corrected chi connectivity index (χ3v) is 8.75. The zero-order valence-electron chi connectivity index (χ0n) is 25.0. The standard InChI is InChI=1S/C34H36F2N4O5/c1-39-29-11-9-25(17-32(41)37-24-13-14-40(19-24)18-21-5-3-2-4-6-21)45-31(29)20-44-30-12-8-23(16-26(30)34(39)43)38-33(42)22-7-10-27(35)28(36)15-22/h2-8,10,12,15-16,24-25,29,31H,9,11,13-14,17-20H2,1H3,(H,37,41)(H,38,42)/t24-,25+,29-,31-/m0/s1. The summed E-state index contributed by atoms with van der Waals surface area (Å²) in [6.07, 6.45) is 1.71. The number of benzene rings is 3. The van der Waals surface area contributed by atoms with E-state index in [1.807, 2.05) is 18.2 Å². The number of nitrogens with one attached hydrogen (secondary N) is 2. The molecule has 0 bridgehead atoms. The van der Waals surface area contributed by atoms with Crippen molar-refractivity contribution in [3.05, 3.63) is 95.1 Å². The summed E-state index contributed by atoms with van der Waals surface area (Å²) < 4.78 is 39.2. The quantitative estimate of drug-likeness (QED) is 0.408. The lowest BCUT2D eigenvalue weighted by atomic mass is 9.94. The van der Waals surface area contributed by atoms with Crippen molar-refractivity contribution in [2.24, 2.45) is 0 Å². The molecule has 3 aromatic rings. The van der Waals surface area contributed by atoms with Crippen LogP contribution < -0.4 is 15.4 Å². The summed E-state index contributed by atoms with van der Waals surface area (Å²) in [4.78, 5) is 43.1. The molecule has 0 aliphatic carbocycles. The normalized spacial score (nSPS) is 23.3. The molecule has 11 heteroatoms. The van der Waals surface area contributed by atoms with E-state index in [9.17, 15) is 23.2 Å². The molecule has 3 aliphatic heterocycles. The molecule has 9 nitrogen and oxygen atoms in total. The highest BCUT2D eigenvalue weighted by Gasteiger charge is 2.39. The Bertz CT molecular complexity index is 1570. The molecular formula is C34H36F2N4O5. The number of ether oxygens (including phenoxy) is 2. The van der Waals surface area contributed by atoms with Gasteiger partial charge in [-0.1, -0.05) is 30.3 Å². The highest BCUT2D eigenvalue weighted by molar-refractivity contribution is 6.05. The second-order valence-corrected chi connectivity index (χ2v) is 11.9. The third kappa shape index (κ3) is 7.15. The van der Waals surface area contributed by atoms with Gasteiger partial charge in [0.05, 0.1) is 24.1 Å². The second-order valence-electron chi connectivity index (χ2n) is 11.9. The van der Waals surface area contributed by atoms with Crippen molar-refractivity contribution in [3.8, 4) is 5.75 Å². The molecule has 0 spiro atoms. The van der Waals surface area contributed by atoms with Crippen LogP contribution in [0.1, 0.15) is 52.0 Å². The summed E-state index contributed by atoms with van der Waals surface area (Å²) in [6, 6.07) is 17.7. The molecule has 3 aromatic carbocycles. The number of hydrogen-bond acceptors (Lipinski definition) is 6. The summed E-state index contributed by atoms with van der Waals surface area (Å²) in [5, 5.41) is 5.80. The Morgan fingerprint density at radius 3 is 2.60 bits per heavy atom. The first kappa shape index (κ1) is 30.7. The van der Waals surface area contributed by atoms with Gasteiger partial charge in [0.15, 0.2) is 11.6 Å². The van der Waals surface area contributed by atoms with Gasteiger partial charge in [0.25, 0.3) is 11.8 Å². The van der Waals surface area contributed by atoms with E-state index in [0.717, 1.165) is 38.2 Å². The predicted molar refractivity (Wildman–Crippen MR) is 163 cm³/mol. The van der Waals surface area contributed by atoms with E-state index >= 15 is 0 Å². The molecular weight excluding hydrogens is 582 g/mol. The Labute approximate surface area is 260 Å². The first-order valence-corrected chi connectivity index (χ1v) is 15.2. The van der Waals surface area contributed by atoms with Crippen LogP contribution in [0.3, 0.4) is 0 Å². The SMILES string of the molecule is CN1C(=O)c2cc(NC(=O)c3ccc(F)c(F)c3)ccc2OC[C@@H]2O[C@@H](CC(=O)N[C@H]3CCN(Cc4ccccc4)C3)CC[C@@H]21. The molecule has 236 valence electrons. The zero-order chi connectivity index (χ0) is 31.5. The average molecular weight is 619 g/mol. The molecule has 2 saturated heterocycles. The molecule has 2 fully saturated rings. The third-order valence-electron chi connectivity index (χ3n) is 8.75. The van der Waals surface area contributed by atoms with Gasteiger partial charge >= 0.3 is 0 Å². The summed E-state index contributed by atoms with van der Waals surface area (Å²) in [6.45, 7) is 2.80. The number of amides is 3. The van der Waals surface area contributed by atoms with Crippen molar-refractivity contribution in [1.29, 1.82) is 0 Å². The Morgan fingerprint density at radius 1 is 0.978 bits per heavy atom. The molecule has 45 heavy (non-hydrogen) atoms. The summed E-state index contributed by atoms with van der Waals surface area (Å²) in [7, 11) is 1.71. The predicted octanol–water partition coefficient (Wildman–Crippen LogP) is 4.38. The minimum Gasteiger partial charge on any atom is -0.490 e. The smallest absolute Gasteiger partial charge is 0.257 e. The van der Waals surface area contributed by atoms with Crippen molar-refractivity contribution in [2.75, 3.05) is 32.1 Å². The maximum atomic E-state index is 13.6. The number of hydrogen-bond donors (Lipinski definition) is 2. The van der Waals surface area contributed by atoms with E-state index < -0.39 is 23.6 Å². The van der Waals surface area contributed by atoms with Crippen LogP contribution in [0.25, 0.3) is 0 Å². The van der Waals surface area contributed by atoms with Crippen LogP contribution in [0.4, 0.5) is 14.5 Å². The summed E-state index contributed by atoms with van der Waals surface area (Å²) in [5.74, 6) is -2.82. The number of nitrogens with zero attached hydrogens (tertiary/aromatic N) is 2. The van der Waals surface area contributed by atoms with Crippen LogP contribution in [0, 0.1) is 11.6 Å². The van der Waals surface area contributed by atoms with Gasteiger partial charge in [-0.2, -0.15) is 0 Å². The van der Waals surface area contributed by atoms with Gasteiger partial charge in [0, 0.05) is 44.0 Å². The maximum Gasteiger partial charge on any atom is 0.257 e. The molecule has 0 radical (unpaired) electrons. The average Bonchev–Trinajstić information content (AvgIpc) is 3.47. The number of likely N-dealkylation sites (N-methyl/N-ethyl adjacent to an activating group) is 1. The first-order valence-electron chi connectivity index (χ1n) is 15.2. The molecule has 3 amide bonds. The topological polar surface area (TPSA) is 100 Å². The van der Waals surface area contributed by atoms with Crippen LogP contribution in [0.2, 0.25) is 0 Å². The lowest BCUT2D eigenvalue weighted by Gasteiger charge is -2.42. The number of carbonyl (C=O) groups is 3. The lowest BCUT2D eigenvalue weighted by molar-refractivity contribution is -0.134. The van der Waals surface area contributed by atoms with Gasteiger partial charge in [-0.05, 0) is 61.2 Å². The molecule has 3 aliphatic rings. The zero-order valence-corrected chi connectivity index (χ0v) is 25.0. The maximum absolute atomic E-state index is 13.6. The molecule has 2 N–H and O–H groups in total. The van der Waals surface area contributed by atoms with Gasteiger partial charge < -0.3 is 25.0 Å². The Kier molecular flexibility index (Phi) is 9.09. The number of anilines is 1. The van der Waals surface area contributed by atoms with E-state index in [4.69, 9.17) is 9.47 Å². The summed E-state index contributed by atoms with van der Waals surface area (Å²) >= 11 is 0. The van der Waals surface area contributed by atoms with Gasteiger partial charge in [-0.15, -0.1) is 0 Å². The van der Waals surface area contributed by atoms with E-state index in [-0.39, 0.29) is 54.2 Å². The van der Waals surface area contributed by atoms with E-state index in [2.05, 4.69) is 27.7 Å². The van der Waals surface area contributed by atoms with Crippen molar-refractivity contribution in [2.45, 2.75) is 56.5 Å². The van der Waals surface area contributed by atoms with Gasteiger partial charge in [0.1, 0.15) is 18.5 Å². The molecule has 0 aromatic heterocycles. The van der Waals surface area contributed by atoms with Crippen molar-refractivity contribution in [3.63, 3.8) is 0 Å². The molecule has 6 rings (SSSR count). The van der Waals surface area contributed by atoms with Crippen LogP contribution in [-0.2, 0) is 16.1 Å². The Hall–Kier alpha value is -4.35. The lowest BCUT2D eigenvalue weighted by Crippen LogP contribution is -2.54. The molecule has 4 atom stereocenters. The number of rotatable bonds is 7. The van der Waals surface area contributed by atoms with Crippen molar-refractivity contribution in [1.82, 2.24) is 15.1 Å².